The van der Waals surface area contributed by atoms with E-state index >= 15 is 0 Å². The number of nitrogens with one attached hydrogen (secondary N) is 2. The summed E-state index contributed by atoms with van der Waals surface area (Å²) in [6, 6.07) is 0. The molecule has 3 rings (SSSR count). The quantitative estimate of drug-likeness (QED) is 0.884. The lowest BCUT2D eigenvalue weighted by atomic mass is 10.1. The zero-order valence-electron chi connectivity index (χ0n) is 11.4. The maximum Gasteiger partial charge on any atom is 0.244 e. The number of hydrogen-bond acceptors (Lipinski definition) is 4. The average molecular weight is 272 g/mol. The van der Waals surface area contributed by atoms with E-state index in [1.165, 1.54) is 6.33 Å². The van der Waals surface area contributed by atoms with Gasteiger partial charge in [-0.1, -0.05) is 13.8 Å². The van der Waals surface area contributed by atoms with Crippen molar-refractivity contribution in [3.63, 3.8) is 0 Å². The molecule has 0 atom stereocenters. The van der Waals surface area contributed by atoms with Crippen molar-refractivity contribution in [2.45, 2.75) is 13.8 Å². The highest BCUT2D eigenvalue weighted by molar-refractivity contribution is 6.05. The molecule has 0 saturated heterocycles. The average Bonchev–Trinajstić information content (AvgIpc) is 3.02. The molecule has 0 spiro atoms. The molecule has 1 amide bonds. The minimum absolute atomic E-state index is 0.0733. The van der Waals surface area contributed by atoms with Gasteiger partial charge in [0.25, 0.3) is 0 Å². The normalized spacial score (nSPS) is 14.8. The van der Waals surface area contributed by atoms with Gasteiger partial charge in [0, 0.05) is 24.4 Å². The fourth-order valence-corrected chi connectivity index (χ4v) is 2.16. The number of nitrogens with zero attached hydrogens (tertiary/aromatic N) is 2. The molecule has 1 aliphatic rings. The van der Waals surface area contributed by atoms with Gasteiger partial charge in [0.15, 0.2) is 0 Å². The Bertz CT molecular complexity index is 688. The summed E-state index contributed by atoms with van der Waals surface area (Å²) in [5.74, 6) is 0.896. The first-order valence-corrected chi connectivity index (χ1v) is 6.59. The lowest BCUT2D eigenvalue weighted by Crippen LogP contribution is -2.14. The molecular formula is C14H16N4O2. The van der Waals surface area contributed by atoms with Gasteiger partial charge in [-0.25, -0.2) is 9.97 Å². The fraction of sp³-hybridized carbons (Fsp3) is 0.357. The third-order valence-electron chi connectivity index (χ3n) is 3.09. The van der Waals surface area contributed by atoms with Crippen molar-refractivity contribution < 1.29 is 9.53 Å². The molecule has 0 aliphatic carbocycles. The smallest absolute Gasteiger partial charge is 0.244 e. The van der Waals surface area contributed by atoms with Crippen molar-refractivity contribution in [1.29, 1.82) is 0 Å². The number of aromatic amines is 1. The first-order chi connectivity index (χ1) is 9.65. The molecule has 1 aliphatic heterocycles. The van der Waals surface area contributed by atoms with Crippen LogP contribution in [0.15, 0.2) is 18.6 Å². The molecule has 6 nitrogen and oxygen atoms in total. The summed E-state index contributed by atoms with van der Waals surface area (Å²) in [7, 11) is 0. The van der Waals surface area contributed by atoms with Gasteiger partial charge in [0.1, 0.15) is 12.0 Å². The highest BCUT2D eigenvalue weighted by Gasteiger charge is 2.19. The first-order valence-electron chi connectivity index (χ1n) is 6.59. The number of carbonyl (C=O) groups is 1. The molecule has 0 bridgehead atoms. The van der Waals surface area contributed by atoms with E-state index in [2.05, 4.69) is 34.1 Å². The topological polar surface area (TPSA) is 79.9 Å². The molecule has 6 heteroatoms. The van der Waals surface area contributed by atoms with Crippen LogP contribution in [-0.2, 0) is 4.79 Å². The maximum absolute atomic E-state index is 11.3. The Morgan fingerprint density at radius 1 is 1.40 bits per heavy atom. The number of amides is 1. The van der Waals surface area contributed by atoms with Crippen LogP contribution in [0.2, 0.25) is 0 Å². The predicted molar refractivity (Wildman–Crippen MR) is 75.2 cm³/mol. The Labute approximate surface area is 116 Å². The summed E-state index contributed by atoms with van der Waals surface area (Å²) < 4.78 is 5.76. The zero-order valence-corrected chi connectivity index (χ0v) is 11.4. The van der Waals surface area contributed by atoms with Crippen LogP contribution >= 0.6 is 0 Å². The van der Waals surface area contributed by atoms with Crippen LogP contribution in [0, 0.1) is 5.92 Å². The molecule has 2 aromatic rings. The lowest BCUT2D eigenvalue weighted by Gasteiger charge is -2.09. The van der Waals surface area contributed by atoms with Gasteiger partial charge in [-0.3, -0.25) is 4.79 Å². The molecule has 0 unspecified atom stereocenters. The zero-order chi connectivity index (χ0) is 14.1. The summed E-state index contributed by atoms with van der Waals surface area (Å²) in [4.78, 5) is 22.8. The number of carbonyl (C=O) groups excluding carboxylic acids is 1. The van der Waals surface area contributed by atoms with Crippen molar-refractivity contribution in [3.8, 4) is 5.88 Å². The van der Waals surface area contributed by atoms with Crippen LogP contribution < -0.4 is 10.1 Å². The van der Waals surface area contributed by atoms with Crippen LogP contribution in [0.25, 0.3) is 16.6 Å². The summed E-state index contributed by atoms with van der Waals surface area (Å²) in [5.41, 5.74) is 2.55. The molecule has 0 radical (unpaired) electrons. The van der Waals surface area contributed by atoms with Gasteiger partial charge in [-0.05, 0) is 11.5 Å². The standard InChI is InChI=1S/C14H16N4O2/c1-8(2)6-20-14-12-10(9-3-11(19)15-4-9)5-16-13(12)17-7-18-14/h3,5,7-8H,4,6H2,1-2H3,(H,15,19)(H,16,17,18). The van der Waals surface area contributed by atoms with Crippen molar-refractivity contribution >= 4 is 22.5 Å². The van der Waals surface area contributed by atoms with Crippen LogP contribution in [-0.4, -0.2) is 34.0 Å². The molecule has 3 heterocycles. The fourth-order valence-electron chi connectivity index (χ4n) is 2.16. The van der Waals surface area contributed by atoms with E-state index in [4.69, 9.17) is 4.74 Å². The van der Waals surface area contributed by atoms with Crippen molar-refractivity contribution in [1.82, 2.24) is 20.3 Å². The van der Waals surface area contributed by atoms with Crippen molar-refractivity contribution in [2.24, 2.45) is 5.92 Å². The summed E-state index contributed by atoms with van der Waals surface area (Å²) in [5, 5.41) is 3.59. The van der Waals surface area contributed by atoms with E-state index in [0.717, 1.165) is 16.5 Å². The Morgan fingerprint density at radius 3 is 2.95 bits per heavy atom. The van der Waals surface area contributed by atoms with Gasteiger partial charge in [-0.2, -0.15) is 0 Å². The Hall–Kier alpha value is -2.37. The van der Waals surface area contributed by atoms with Crippen LogP contribution in [0.4, 0.5) is 0 Å². The molecule has 20 heavy (non-hydrogen) atoms. The second kappa shape index (κ2) is 4.96. The van der Waals surface area contributed by atoms with E-state index in [1.54, 1.807) is 6.08 Å². The Kier molecular flexibility index (Phi) is 3.14. The van der Waals surface area contributed by atoms with Gasteiger partial charge in [0.2, 0.25) is 11.8 Å². The number of rotatable bonds is 4. The second-order valence-corrected chi connectivity index (χ2v) is 5.20. The van der Waals surface area contributed by atoms with Gasteiger partial charge in [0.05, 0.1) is 12.0 Å². The second-order valence-electron chi connectivity index (χ2n) is 5.20. The first kappa shape index (κ1) is 12.7. The van der Waals surface area contributed by atoms with Crippen molar-refractivity contribution in [2.75, 3.05) is 13.2 Å². The van der Waals surface area contributed by atoms with E-state index in [-0.39, 0.29) is 5.91 Å². The van der Waals surface area contributed by atoms with E-state index < -0.39 is 0 Å². The maximum atomic E-state index is 11.3. The lowest BCUT2D eigenvalue weighted by molar-refractivity contribution is -0.115. The molecule has 0 saturated carbocycles. The summed E-state index contributed by atoms with van der Waals surface area (Å²) in [6.07, 6.45) is 4.92. The largest absolute Gasteiger partial charge is 0.477 e. The molecule has 104 valence electrons. The van der Waals surface area contributed by atoms with Gasteiger partial charge in [-0.15, -0.1) is 0 Å². The highest BCUT2D eigenvalue weighted by Crippen LogP contribution is 2.31. The molecule has 0 fully saturated rings. The number of fused-ring (bicyclic) bond motifs is 1. The molecule has 2 aromatic heterocycles. The number of ether oxygens (including phenoxy) is 1. The number of H-pyrrole nitrogens is 1. The SMILES string of the molecule is CC(C)COc1ncnc2[nH]cc(C3=CC(=O)NC3)c12. The van der Waals surface area contributed by atoms with E-state index in [1.807, 2.05) is 6.20 Å². The van der Waals surface area contributed by atoms with Crippen LogP contribution in [0.5, 0.6) is 5.88 Å². The summed E-state index contributed by atoms with van der Waals surface area (Å²) >= 11 is 0. The minimum Gasteiger partial charge on any atom is -0.477 e. The minimum atomic E-state index is -0.0733. The third-order valence-corrected chi connectivity index (χ3v) is 3.09. The monoisotopic (exact) mass is 272 g/mol. The molecular weight excluding hydrogens is 256 g/mol. The third kappa shape index (κ3) is 2.24. The van der Waals surface area contributed by atoms with E-state index in [0.29, 0.717) is 30.6 Å². The Morgan fingerprint density at radius 2 is 2.25 bits per heavy atom. The number of hydrogen-bond donors (Lipinski definition) is 2. The summed E-state index contributed by atoms with van der Waals surface area (Å²) in [6.45, 7) is 5.27. The highest BCUT2D eigenvalue weighted by atomic mass is 16.5. The van der Waals surface area contributed by atoms with E-state index in [9.17, 15) is 4.79 Å². The number of aromatic nitrogens is 3. The molecule has 0 aromatic carbocycles. The van der Waals surface area contributed by atoms with Crippen molar-refractivity contribution in [3.05, 3.63) is 24.2 Å². The Balaban J connectivity index is 2.05. The van der Waals surface area contributed by atoms with Crippen LogP contribution in [0.1, 0.15) is 19.4 Å². The van der Waals surface area contributed by atoms with Gasteiger partial charge >= 0.3 is 0 Å². The molecule has 2 N–H and O–H groups in total. The van der Waals surface area contributed by atoms with Gasteiger partial charge < -0.3 is 15.0 Å². The van der Waals surface area contributed by atoms with Crippen LogP contribution in [0.3, 0.4) is 0 Å². The predicted octanol–water partition coefficient (Wildman–Crippen LogP) is 1.51.